The molecule has 0 fully saturated rings. The quantitative estimate of drug-likeness (QED) is 0.543. The lowest BCUT2D eigenvalue weighted by molar-refractivity contribution is 0.305. The summed E-state index contributed by atoms with van der Waals surface area (Å²) in [5.74, 6) is 1.70. The van der Waals surface area contributed by atoms with Crippen molar-refractivity contribution >= 4 is 11.8 Å². The minimum absolute atomic E-state index is 0.0214. The SMILES string of the molecule is C[C@H](Sc1nnc([C@H](C)N(C)C)n1-c1ccc(F)cc1)c1nc(C(C)(C)C)no1. The van der Waals surface area contributed by atoms with Gasteiger partial charge < -0.3 is 4.52 Å². The number of rotatable bonds is 6. The molecule has 0 amide bonds. The third-order valence-electron chi connectivity index (χ3n) is 4.63. The van der Waals surface area contributed by atoms with E-state index in [4.69, 9.17) is 4.52 Å². The van der Waals surface area contributed by atoms with Crippen molar-refractivity contribution in [1.29, 1.82) is 0 Å². The molecule has 0 aliphatic rings. The Kier molecular flexibility index (Phi) is 6.09. The van der Waals surface area contributed by atoms with Crippen molar-refractivity contribution in [3.05, 3.63) is 47.6 Å². The minimum atomic E-state index is -0.285. The van der Waals surface area contributed by atoms with Crippen LogP contribution in [0.1, 0.15) is 63.4 Å². The standard InChI is InChI=1S/C20H27FN6OS/c1-12(26(6)7)16-23-24-19(27(16)15-10-8-14(21)9-11-15)29-13(2)17-22-18(25-28-17)20(3,4)5/h8-13H,1-7H3/t12-,13-/m0/s1. The molecule has 29 heavy (non-hydrogen) atoms. The Morgan fingerprint density at radius 3 is 2.31 bits per heavy atom. The fourth-order valence-corrected chi connectivity index (χ4v) is 3.51. The highest BCUT2D eigenvalue weighted by Crippen LogP contribution is 2.36. The van der Waals surface area contributed by atoms with Gasteiger partial charge >= 0.3 is 0 Å². The van der Waals surface area contributed by atoms with E-state index in [-0.39, 0.29) is 22.5 Å². The zero-order valence-corrected chi connectivity index (χ0v) is 18.7. The summed E-state index contributed by atoms with van der Waals surface area (Å²) in [6.45, 7) is 10.2. The first-order valence-corrected chi connectivity index (χ1v) is 10.3. The summed E-state index contributed by atoms with van der Waals surface area (Å²) < 4.78 is 20.9. The van der Waals surface area contributed by atoms with Crippen LogP contribution in [0.4, 0.5) is 4.39 Å². The molecule has 0 aliphatic heterocycles. The van der Waals surface area contributed by atoms with Crippen molar-refractivity contribution in [2.45, 2.75) is 56.5 Å². The highest BCUT2D eigenvalue weighted by molar-refractivity contribution is 7.99. The van der Waals surface area contributed by atoms with Gasteiger partial charge in [-0.2, -0.15) is 4.98 Å². The van der Waals surface area contributed by atoms with Crippen molar-refractivity contribution in [1.82, 2.24) is 29.8 Å². The zero-order chi connectivity index (χ0) is 21.3. The van der Waals surface area contributed by atoms with E-state index in [1.807, 2.05) is 46.4 Å². The molecule has 0 saturated heterocycles. The molecule has 2 aromatic heterocycles. The number of aromatic nitrogens is 5. The molecule has 0 spiro atoms. The van der Waals surface area contributed by atoms with Crippen molar-refractivity contribution in [3.63, 3.8) is 0 Å². The first-order chi connectivity index (χ1) is 13.6. The number of thioether (sulfide) groups is 1. The smallest absolute Gasteiger partial charge is 0.239 e. The molecular formula is C20H27FN6OS. The highest BCUT2D eigenvalue weighted by Gasteiger charge is 2.27. The van der Waals surface area contributed by atoms with Gasteiger partial charge in [0.1, 0.15) is 5.82 Å². The molecular weight excluding hydrogens is 391 g/mol. The van der Waals surface area contributed by atoms with E-state index < -0.39 is 0 Å². The largest absolute Gasteiger partial charge is 0.338 e. The number of halogens is 1. The van der Waals surface area contributed by atoms with E-state index >= 15 is 0 Å². The predicted octanol–water partition coefficient (Wildman–Crippen LogP) is 4.56. The van der Waals surface area contributed by atoms with E-state index in [0.717, 1.165) is 11.5 Å². The monoisotopic (exact) mass is 418 g/mol. The maximum absolute atomic E-state index is 13.5. The van der Waals surface area contributed by atoms with Crippen LogP contribution in [0.3, 0.4) is 0 Å². The Morgan fingerprint density at radius 1 is 1.10 bits per heavy atom. The lowest BCUT2D eigenvalue weighted by Crippen LogP contribution is -2.20. The predicted molar refractivity (Wildman–Crippen MR) is 111 cm³/mol. The lowest BCUT2D eigenvalue weighted by Gasteiger charge is -2.20. The molecule has 2 atom stereocenters. The molecule has 156 valence electrons. The van der Waals surface area contributed by atoms with Crippen molar-refractivity contribution in [3.8, 4) is 5.69 Å². The molecule has 0 aliphatic carbocycles. The Balaban J connectivity index is 1.96. The molecule has 9 heteroatoms. The average molecular weight is 419 g/mol. The Bertz CT molecular complexity index is 960. The van der Waals surface area contributed by atoms with Gasteiger partial charge in [-0.05, 0) is 52.2 Å². The normalized spacial score (nSPS) is 14.4. The van der Waals surface area contributed by atoms with E-state index in [1.165, 1.54) is 23.9 Å². The molecule has 0 radical (unpaired) electrons. The molecule has 3 aromatic rings. The molecule has 3 rings (SSSR count). The summed E-state index contributed by atoms with van der Waals surface area (Å²) in [5, 5.41) is 13.5. The second-order valence-corrected chi connectivity index (χ2v) is 9.57. The van der Waals surface area contributed by atoms with Crippen LogP contribution in [-0.2, 0) is 5.41 Å². The van der Waals surface area contributed by atoms with Crippen LogP contribution in [0.5, 0.6) is 0 Å². The minimum Gasteiger partial charge on any atom is -0.338 e. The zero-order valence-electron chi connectivity index (χ0n) is 17.8. The van der Waals surface area contributed by atoms with Gasteiger partial charge in [0, 0.05) is 11.1 Å². The topological polar surface area (TPSA) is 72.9 Å². The summed E-state index contributed by atoms with van der Waals surface area (Å²) >= 11 is 1.48. The molecule has 0 saturated carbocycles. The maximum Gasteiger partial charge on any atom is 0.239 e. The first kappa shape index (κ1) is 21.4. The Hall–Kier alpha value is -2.26. The van der Waals surface area contributed by atoms with Crippen molar-refractivity contribution in [2.75, 3.05) is 14.1 Å². The van der Waals surface area contributed by atoms with E-state index in [9.17, 15) is 4.39 Å². The fraction of sp³-hybridized carbons (Fsp3) is 0.500. The van der Waals surface area contributed by atoms with E-state index in [1.54, 1.807) is 12.1 Å². The fourth-order valence-electron chi connectivity index (χ4n) is 2.61. The number of benzene rings is 1. The van der Waals surface area contributed by atoms with Gasteiger partial charge in [0.25, 0.3) is 0 Å². The Morgan fingerprint density at radius 2 is 1.76 bits per heavy atom. The van der Waals surface area contributed by atoms with Gasteiger partial charge in [-0.15, -0.1) is 10.2 Å². The van der Waals surface area contributed by atoms with Gasteiger partial charge in [-0.25, -0.2) is 4.39 Å². The molecule has 2 heterocycles. The first-order valence-electron chi connectivity index (χ1n) is 9.46. The van der Waals surface area contributed by atoms with Gasteiger partial charge in [0.15, 0.2) is 16.8 Å². The third-order valence-corrected chi connectivity index (χ3v) is 5.66. The van der Waals surface area contributed by atoms with Gasteiger partial charge in [0.05, 0.1) is 11.3 Å². The number of hydrogen-bond acceptors (Lipinski definition) is 7. The van der Waals surface area contributed by atoms with Crippen LogP contribution in [0.2, 0.25) is 0 Å². The van der Waals surface area contributed by atoms with Crippen LogP contribution in [-0.4, -0.2) is 43.9 Å². The van der Waals surface area contributed by atoms with E-state index in [2.05, 4.69) is 32.2 Å². The third kappa shape index (κ3) is 4.67. The highest BCUT2D eigenvalue weighted by atomic mass is 32.2. The van der Waals surface area contributed by atoms with Gasteiger partial charge in [-0.3, -0.25) is 9.47 Å². The van der Waals surface area contributed by atoms with Gasteiger partial charge in [0.2, 0.25) is 5.89 Å². The molecule has 7 nitrogen and oxygen atoms in total. The second-order valence-electron chi connectivity index (χ2n) is 8.26. The second kappa shape index (κ2) is 8.23. The van der Waals surface area contributed by atoms with Crippen molar-refractivity contribution < 1.29 is 8.91 Å². The van der Waals surface area contributed by atoms with Crippen LogP contribution in [0.15, 0.2) is 33.9 Å². The van der Waals surface area contributed by atoms with Crippen LogP contribution < -0.4 is 0 Å². The summed E-state index contributed by atoms with van der Waals surface area (Å²) in [5.41, 5.74) is 0.616. The lowest BCUT2D eigenvalue weighted by atomic mass is 9.96. The number of nitrogens with zero attached hydrogens (tertiary/aromatic N) is 6. The average Bonchev–Trinajstić information content (AvgIpc) is 3.29. The summed E-state index contributed by atoms with van der Waals surface area (Å²) in [4.78, 5) is 6.60. The molecule has 0 unspecified atom stereocenters. The summed E-state index contributed by atoms with van der Waals surface area (Å²) in [6, 6.07) is 6.34. The van der Waals surface area contributed by atoms with Gasteiger partial charge in [-0.1, -0.05) is 37.7 Å². The number of hydrogen-bond donors (Lipinski definition) is 0. The Labute approximate surface area is 174 Å². The van der Waals surface area contributed by atoms with Crippen molar-refractivity contribution in [2.24, 2.45) is 0 Å². The maximum atomic E-state index is 13.5. The summed E-state index contributed by atoms with van der Waals surface area (Å²) in [7, 11) is 3.96. The molecule has 0 N–H and O–H groups in total. The van der Waals surface area contributed by atoms with E-state index in [0.29, 0.717) is 16.9 Å². The summed E-state index contributed by atoms with van der Waals surface area (Å²) in [6.07, 6.45) is 0. The van der Waals surface area contributed by atoms with Crippen LogP contribution >= 0.6 is 11.8 Å². The molecule has 0 bridgehead atoms. The molecule has 1 aromatic carbocycles. The van der Waals surface area contributed by atoms with Crippen LogP contribution in [0, 0.1) is 5.82 Å². The van der Waals surface area contributed by atoms with Crippen LogP contribution in [0.25, 0.3) is 5.69 Å².